The topological polar surface area (TPSA) is 42.2 Å². The van der Waals surface area contributed by atoms with Gasteiger partial charge < -0.3 is 5.32 Å². The first-order valence-corrected chi connectivity index (χ1v) is 6.55. The molecule has 4 nitrogen and oxygen atoms in total. The number of nitrogens with one attached hydrogen (secondary N) is 1. The fourth-order valence-corrected chi connectivity index (χ4v) is 2.34. The third-order valence-corrected chi connectivity index (χ3v) is 3.28. The van der Waals surface area contributed by atoms with Crippen molar-refractivity contribution in [3.8, 4) is 0 Å². The maximum Gasteiger partial charge on any atom is 0.123 e. The van der Waals surface area contributed by atoms with Gasteiger partial charge in [0.2, 0.25) is 0 Å². The number of benzene rings is 1. The minimum Gasteiger partial charge on any atom is -0.306 e. The van der Waals surface area contributed by atoms with E-state index in [9.17, 15) is 4.39 Å². The second-order valence-electron chi connectivity index (χ2n) is 4.55. The molecule has 0 amide bonds. The van der Waals surface area contributed by atoms with Crippen molar-refractivity contribution in [3.05, 3.63) is 66.0 Å². The molecule has 2 heterocycles. The highest BCUT2D eigenvalue weighted by molar-refractivity contribution is 5.55. The lowest BCUT2D eigenvalue weighted by atomic mass is 10.00. The van der Waals surface area contributed by atoms with Gasteiger partial charge in [-0.25, -0.2) is 8.91 Å². The fourth-order valence-electron chi connectivity index (χ4n) is 2.34. The molecule has 1 atom stereocenters. The molecule has 0 aliphatic rings. The van der Waals surface area contributed by atoms with Crippen LogP contribution < -0.4 is 5.32 Å². The van der Waals surface area contributed by atoms with Crippen LogP contribution in [0.15, 0.2) is 49.1 Å². The van der Waals surface area contributed by atoms with Gasteiger partial charge in [0.25, 0.3) is 0 Å². The van der Waals surface area contributed by atoms with Crippen LogP contribution in [0.2, 0.25) is 0 Å². The number of hydrogen-bond donors (Lipinski definition) is 1. The molecule has 1 aromatic carbocycles. The van der Waals surface area contributed by atoms with Crippen LogP contribution in [0, 0.1) is 5.82 Å². The van der Waals surface area contributed by atoms with Gasteiger partial charge in [0.05, 0.1) is 24.0 Å². The Balaban J connectivity index is 2.08. The van der Waals surface area contributed by atoms with Crippen LogP contribution in [0.1, 0.15) is 24.1 Å². The highest BCUT2D eigenvalue weighted by Crippen LogP contribution is 2.25. The fraction of sp³-hybridized carbons (Fsp3) is 0.200. The van der Waals surface area contributed by atoms with E-state index in [1.807, 2.05) is 19.3 Å². The molecule has 2 aromatic heterocycles. The summed E-state index contributed by atoms with van der Waals surface area (Å²) >= 11 is 0. The molecular formula is C15H15FN4. The van der Waals surface area contributed by atoms with Gasteiger partial charge in [-0.2, -0.15) is 5.10 Å². The Morgan fingerprint density at radius 1 is 1.25 bits per heavy atom. The summed E-state index contributed by atoms with van der Waals surface area (Å²) in [7, 11) is 0. The summed E-state index contributed by atoms with van der Waals surface area (Å²) in [5.74, 6) is -0.231. The lowest BCUT2D eigenvalue weighted by Gasteiger charge is -2.17. The summed E-state index contributed by atoms with van der Waals surface area (Å²) < 4.78 is 14.9. The van der Waals surface area contributed by atoms with Gasteiger partial charge in [-0.1, -0.05) is 19.1 Å². The Labute approximate surface area is 116 Å². The van der Waals surface area contributed by atoms with Gasteiger partial charge in [-0.05, 0) is 24.2 Å². The molecule has 0 saturated carbocycles. The second-order valence-corrected chi connectivity index (χ2v) is 4.55. The molecule has 0 fully saturated rings. The molecule has 20 heavy (non-hydrogen) atoms. The van der Waals surface area contributed by atoms with E-state index in [-0.39, 0.29) is 11.9 Å². The Hall–Kier alpha value is -2.27. The van der Waals surface area contributed by atoms with Gasteiger partial charge in [0.1, 0.15) is 5.82 Å². The number of aromatic nitrogens is 3. The quantitative estimate of drug-likeness (QED) is 0.792. The van der Waals surface area contributed by atoms with Crippen LogP contribution in [0.5, 0.6) is 0 Å². The SMILES string of the molecule is CCNC(c1ccc(F)cc1)c1cnn2ccncc12. The zero-order valence-electron chi connectivity index (χ0n) is 11.1. The van der Waals surface area contributed by atoms with Crippen LogP contribution in [0.3, 0.4) is 0 Å². The first-order valence-electron chi connectivity index (χ1n) is 6.55. The van der Waals surface area contributed by atoms with E-state index in [1.54, 1.807) is 29.0 Å². The van der Waals surface area contributed by atoms with E-state index in [4.69, 9.17) is 0 Å². The van der Waals surface area contributed by atoms with Crippen molar-refractivity contribution >= 4 is 5.52 Å². The van der Waals surface area contributed by atoms with Crippen molar-refractivity contribution in [1.82, 2.24) is 19.9 Å². The third kappa shape index (κ3) is 2.28. The minimum absolute atomic E-state index is 0.0256. The van der Waals surface area contributed by atoms with Gasteiger partial charge in [-0.15, -0.1) is 0 Å². The van der Waals surface area contributed by atoms with E-state index in [0.717, 1.165) is 23.2 Å². The van der Waals surface area contributed by atoms with E-state index in [1.165, 1.54) is 12.1 Å². The Kier molecular flexibility index (Phi) is 3.43. The molecule has 0 saturated heterocycles. The van der Waals surface area contributed by atoms with E-state index in [0.29, 0.717) is 0 Å². The van der Waals surface area contributed by atoms with E-state index in [2.05, 4.69) is 15.4 Å². The van der Waals surface area contributed by atoms with E-state index < -0.39 is 0 Å². The summed E-state index contributed by atoms with van der Waals surface area (Å²) in [4.78, 5) is 4.15. The maximum atomic E-state index is 13.1. The minimum atomic E-state index is -0.231. The van der Waals surface area contributed by atoms with Crippen molar-refractivity contribution in [2.75, 3.05) is 6.54 Å². The molecule has 3 rings (SSSR count). The Morgan fingerprint density at radius 2 is 2.05 bits per heavy atom. The first-order chi connectivity index (χ1) is 9.79. The zero-order chi connectivity index (χ0) is 13.9. The van der Waals surface area contributed by atoms with Crippen LogP contribution in [0.25, 0.3) is 5.52 Å². The first kappa shape index (κ1) is 12.7. The molecular weight excluding hydrogens is 255 g/mol. The summed E-state index contributed by atoms with van der Waals surface area (Å²) in [6, 6.07) is 6.51. The van der Waals surface area contributed by atoms with Crippen molar-refractivity contribution in [2.24, 2.45) is 0 Å². The van der Waals surface area contributed by atoms with Gasteiger partial charge in [0, 0.05) is 18.0 Å². The highest BCUT2D eigenvalue weighted by atomic mass is 19.1. The maximum absolute atomic E-state index is 13.1. The predicted molar refractivity (Wildman–Crippen MR) is 74.9 cm³/mol. The zero-order valence-corrected chi connectivity index (χ0v) is 11.1. The molecule has 0 aliphatic carbocycles. The molecule has 1 unspecified atom stereocenters. The number of nitrogens with zero attached hydrogens (tertiary/aromatic N) is 3. The van der Waals surface area contributed by atoms with Gasteiger partial charge in [0.15, 0.2) is 0 Å². The predicted octanol–water partition coefficient (Wildman–Crippen LogP) is 2.57. The summed E-state index contributed by atoms with van der Waals surface area (Å²) in [5, 5.41) is 7.74. The summed E-state index contributed by atoms with van der Waals surface area (Å²) in [6.45, 7) is 2.85. The van der Waals surface area contributed by atoms with Crippen LogP contribution >= 0.6 is 0 Å². The average Bonchev–Trinajstić information content (AvgIpc) is 2.90. The average molecular weight is 270 g/mol. The van der Waals surface area contributed by atoms with Crippen LogP contribution in [-0.2, 0) is 0 Å². The molecule has 102 valence electrons. The molecule has 0 aliphatic heterocycles. The monoisotopic (exact) mass is 270 g/mol. The smallest absolute Gasteiger partial charge is 0.123 e. The van der Waals surface area contributed by atoms with Crippen molar-refractivity contribution in [1.29, 1.82) is 0 Å². The molecule has 1 N–H and O–H groups in total. The lowest BCUT2D eigenvalue weighted by molar-refractivity contribution is 0.615. The molecule has 3 aromatic rings. The van der Waals surface area contributed by atoms with Gasteiger partial charge in [-0.3, -0.25) is 4.98 Å². The standard InChI is InChI=1S/C15H15FN4/c1-2-18-15(11-3-5-12(16)6-4-11)13-9-19-20-8-7-17-10-14(13)20/h3-10,15,18H,2H2,1H3. The normalized spacial score (nSPS) is 12.7. The van der Waals surface area contributed by atoms with Crippen molar-refractivity contribution < 1.29 is 4.39 Å². The van der Waals surface area contributed by atoms with E-state index >= 15 is 0 Å². The molecule has 0 bridgehead atoms. The van der Waals surface area contributed by atoms with Crippen molar-refractivity contribution in [2.45, 2.75) is 13.0 Å². The third-order valence-electron chi connectivity index (χ3n) is 3.28. The molecule has 0 spiro atoms. The number of halogens is 1. The number of hydrogen-bond acceptors (Lipinski definition) is 3. The van der Waals surface area contributed by atoms with Gasteiger partial charge >= 0.3 is 0 Å². The lowest BCUT2D eigenvalue weighted by Crippen LogP contribution is -2.21. The van der Waals surface area contributed by atoms with Crippen molar-refractivity contribution in [3.63, 3.8) is 0 Å². The Bertz CT molecular complexity index is 705. The molecule has 0 radical (unpaired) electrons. The Morgan fingerprint density at radius 3 is 2.80 bits per heavy atom. The largest absolute Gasteiger partial charge is 0.306 e. The highest BCUT2D eigenvalue weighted by Gasteiger charge is 2.17. The van der Waals surface area contributed by atoms with Crippen LogP contribution in [0.4, 0.5) is 4.39 Å². The van der Waals surface area contributed by atoms with Crippen LogP contribution in [-0.4, -0.2) is 21.1 Å². The number of fused-ring (bicyclic) bond motifs is 1. The molecule has 5 heteroatoms. The number of rotatable bonds is 4. The summed E-state index contributed by atoms with van der Waals surface area (Å²) in [5.41, 5.74) is 2.99. The summed E-state index contributed by atoms with van der Waals surface area (Å²) in [6.07, 6.45) is 7.13. The second kappa shape index (κ2) is 5.38.